The van der Waals surface area contributed by atoms with E-state index in [0.29, 0.717) is 5.76 Å². The predicted molar refractivity (Wildman–Crippen MR) is 91.5 cm³/mol. The van der Waals surface area contributed by atoms with Gasteiger partial charge in [0.15, 0.2) is 15.7 Å². The number of carbonyl (C=O) groups is 1. The Morgan fingerprint density at radius 2 is 1.80 bits per heavy atom. The minimum Gasteiger partial charge on any atom is -0.359 e. The fraction of sp³-hybridized carbons (Fsp3) is 0.412. The monoisotopic (exact) mass is 368 g/mol. The van der Waals surface area contributed by atoms with Crippen molar-refractivity contribution in [3.8, 4) is 0 Å². The van der Waals surface area contributed by atoms with Gasteiger partial charge in [-0.3, -0.25) is 4.79 Å². The van der Waals surface area contributed by atoms with Crippen molar-refractivity contribution in [1.82, 2.24) is 5.16 Å². The van der Waals surface area contributed by atoms with E-state index >= 15 is 0 Å². The van der Waals surface area contributed by atoms with Crippen molar-refractivity contribution in [3.63, 3.8) is 0 Å². The highest BCUT2D eigenvalue weighted by Gasteiger charge is 2.43. The highest BCUT2D eigenvalue weighted by molar-refractivity contribution is 7.93. The summed E-state index contributed by atoms with van der Waals surface area (Å²) in [4.78, 5) is 12.3. The average Bonchev–Trinajstić information content (AvgIpc) is 2.95. The molecule has 0 aliphatic heterocycles. The van der Waals surface area contributed by atoms with Crippen LogP contribution in [-0.4, -0.2) is 24.2 Å². The van der Waals surface area contributed by atoms with Crippen LogP contribution < -0.4 is 5.32 Å². The third-order valence-electron chi connectivity index (χ3n) is 3.82. The largest absolute Gasteiger partial charge is 0.359 e. The number of benzene rings is 1. The topological polar surface area (TPSA) is 89.3 Å². The number of hydrogen-bond donors (Lipinski definition) is 1. The molecule has 8 heteroatoms. The van der Waals surface area contributed by atoms with Crippen molar-refractivity contribution in [3.05, 3.63) is 41.9 Å². The first-order chi connectivity index (χ1) is 11.4. The molecular weight excluding hydrogens is 347 g/mol. The van der Waals surface area contributed by atoms with E-state index in [4.69, 9.17) is 4.52 Å². The predicted octanol–water partition coefficient (Wildman–Crippen LogP) is 3.30. The Bertz CT molecular complexity index is 895. The number of nitrogens with one attached hydrogen (secondary N) is 1. The van der Waals surface area contributed by atoms with E-state index in [1.54, 1.807) is 6.07 Å². The maximum absolute atomic E-state index is 13.4. The van der Waals surface area contributed by atoms with Gasteiger partial charge in [0.25, 0.3) is 0 Å². The smallest absolute Gasteiger partial charge is 0.246 e. The molecule has 0 aliphatic carbocycles. The van der Waals surface area contributed by atoms with Crippen molar-refractivity contribution >= 4 is 21.6 Å². The van der Waals surface area contributed by atoms with Crippen molar-refractivity contribution in [1.29, 1.82) is 0 Å². The minimum atomic E-state index is -4.11. The third-order valence-corrected chi connectivity index (χ3v) is 6.22. The summed E-state index contributed by atoms with van der Waals surface area (Å²) in [6.45, 7) is 8.26. The minimum absolute atomic E-state index is 0.123. The highest BCUT2D eigenvalue weighted by atomic mass is 32.2. The van der Waals surface area contributed by atoms with Crippen LogP contribution >= 0.6 is 0 Å². The molecule has 0 spiro atoms. The number of anilines is 1. The van der Waals surface area contributed by atoms with Gasteiger partial charge in [-0.15, -0.1) is 0 Å². The molecule has 0 fully saturated rings. The Balaban J connectivity index is 2.29. The van der Waals surface area contributed by atoms with E-state index in [0.717, 1.165) is 12.1 Å². The van der Waals surface area contributed by atoms with Gasteiger partial charge < -0.3 is 9.84 Å². The van der Waals surface area contributed by atoms with Crippen LogP contribution in [0.2, 0.25) is 0 Å². The molecule has 136 valence electrons. The summed E-state index contributed by atoms with van der Waals surface area (Å²) < 4.78 is 42.2. The number of rotatable bonds is 4. The van der Waals surface area contributed by atoms with Crippen LogP contribution in [0, 0.1) is 5.82 Å². The first-order valence-electron chi connectivity index (χ1n) is 7.64. The number of nitrogens with zero attached hydrogens (tertiary/aromatic N) is 1. The summed E-state index contributed by atoms with van der Waals surface area (Å²) >= 11 is 0. The molecule has 0 saturated carbocycles. The average molecular weight is 368 g/mol. The van der Waals surface area contributed by atoms with Crippen molar-refractivity contribution in [2.75, 3.05) is 5.32 Å². The summed E-state index contributed by atoms with van der Waals surface area (Å²) in [5, 5.41) is 6.19. The maximum Gasteiger partial charge on any atom is 0.246 e. The van der Waals surface area contributed by atoms with Crippen LogP contribution in [0.25, 0.3) is 0 Å². The van der Waals surface area contributed by atoms with Gasteiger partial charge in [0.2, 0.25) is 5.91 Å². The second-order valence-electron chi connectivity index (χ2n) is 7.25. The Hall–Kier alpha value is -2.22. The van der Waals surface area contributed by atoms with Crippen molar-refractivity contribution < 1.29 is 22.1 Å². The van der Waals surface area contributed by atoms with E-state index < -0.39 is 26.3 Å². The van der Waals surface area contributed by atoms with E-state index in [1.165, 1.54) is 26.0 Å². The molecule has 0 aliphatic rings. The molecule has 0 bridgehead atoms. The Morgan fingerprint density at radius 1 is 1.16 bits per heavy atom. The number of hydrogen-bond acceptors (Lipinski definition) is 5. The second kappa shape index (κ2) is 6.25. The number of carbonyl (C=O) groups excluding carboxylic acids is 1. The Kier molecular flexibility index (Phi) is 4.78. The number of halogens is 1. The molecule has 1 amide bonds. The molecule has 1 heterocycles. The molecular formula is C17H21FN2O4S. The van der Waals surface area contributed by atoms with Crippen molar-refractivity contribution in [2.24, 2.45) is 0 Å². The number of aromatic nitrogens is 1. The Labute approximate surface area is 146 Å². The molecule has 1 aromatic carbocycles. The zero-order valence-electron chi connectivity index (χ0n) is 14.8. The summed E-state index contributed by atoms with van der Waals surface area (Å²) in [6, 6.07) is 6.10. The third kappa shape index (κ3) is 3.73. The zero-order valence-corrected chi connectivity index (χ0v) is 15.6. The quantitative estimate of drug-likeness (QED) is 0.894. The van der Waals surface area contributed by atoms with Gasteiger partial charge in [-0.05, 0) is 32.0 Å². The van der Waals surface area contributed by atoms with Crippen LogP contribution in [0.3, 0.4) is 0 Å². The SMILES string of the molecule is CC(C)(C)c1cc(NC(=O)C(C)(C)S(=O)(=O)c2cccc(F)c2)no1. The second-order valence-corrected chi connectivity index (χ2v) is 9.75. The Morgan fingerprint density at radius 3 is 2.32 bits per heavy atom. The van der Waals surface area contributed by atoms with E-state index in [2.05, 4.69) is 10.5 Å². The fourth-order valence-electron chi connectivity index (χ4n) is 2.01. The van der Waals surface area contributed by atoms with Gasteiger partial charge in [-0.2, -0.15) is 0 Å². The molecule has 2 rings (SSSR count). The molecule has 0 unspecified atom stereocenters. The van der Waals surface area contributed by atoms with Gasteiger partial charge in [0.05, 0.1) is 4.90 Å². The first kappa shape index (κ1) is 19.1. The van der Waals surface area contributed by atoms with Gasteiger partial charge >= 0.3 is 0 Å². The molecule has 25 heavy (non-hydrogen) atoms. The molecule has 0 radical (unpaired) electrons. The normalized spacial score (nSPS) is 12.9. The lowest BCUT2D eigenvalue weighted by molar-refractivity contribution is -0.117. The van der Waals surface area contributed by atoms with Crippen LogP contribution in [0.4, 0.5) is 10.2 Å². The first-order valence-corrected chi connectivity index (χ1v) is 9.13. The lowest BCUT2D eigenvalue weighted by Crippen LogP contribution is -2.44. The van der Waals surface area contributed by atoms with Crippen LogP contribution in [0.5, 0.6) is 0 Å². The summed E-state index contributed by atoms with van der Waals surface area (Å²) in [7, 11) is -4.11. The van der Waals surface area contributed by atoms with E-state index in [-0.39, 0.29) is 16.1 Å². The summed E-state index contributed by atoms with van der Waals surface area (Å²) in [5.74, 6) is -0.805. The van der Waals surface area contributed by atoms with Gasteiger partial charge in [0.1, 0.15) is 16.3 Å². The van der Waals surface area contributed by atoms with Gasteiger partial charge in [0, 0.05) is 11.5 Å². The van der Waals surface area contributed by atoms with E-state index in [1.807, 2.05) is 20.8 Å². The number of amides is 1. The summed E-state index contributed by atoms with van der Waals surface area (Å²) in [5.41, 5.74) is -0.306. The molecule has 0 atom stereocenters. The molecule has 2 aromatic rings. The van der Waals surface area contributed by atoms with Crippen molar-refractivity contribution in [2.45, 2.75) is 49.7 Å². The molecule has 1 N–H and O–H groups in total. The van der Waals surface area contributed by atoms with Crippen LogP contribution in [0.1, 0.15) is 40.4 Å². The summed E-state index contributed by atoms with van der Waals surface area (Å²) in [6.07, 6.45) is 0. The van der Waals surface area contributed by atoms with E-state index in [9.17, 15) is 17.6 Å². The zero-order chi connectivity index (χ0) is 19.0. The lowest BCUT2D eigenvalue weighted by Gasteiger charge is -2.23. The van der Waals surface area contributed by atoms with Gasteiger partial charge in [-0.1, -0.05) is 32.0 Å². The van der Waals surface area contributed by atoms with Gasteiger partial charge in [-0.25, -0.2) is 12.8 Å². The number of sulfone groups is 1. The van der Waals surface area contributed by atoms with Crippen LogP contribution in [0.15, 0.2) is 39.8 Å². The highest BCUT2D eigenvalue weighted by Crippen LogP contribution is 2.29. The maximum atomic E-state index is 13.4. The van der Waals surface area contributed by atoms with Crippen LogP contribution in [-0.2, 0) is 20.0 Å². The molecule has 6 nitrogen and oxygen atoms in total. The fourth-order valence-corrected chi connectivity index (χ4v) is 3.42. The standard InChI is InChI=1S/C17H21FN2O4S/c1-16(2,3)13-10-14(20-24-13)19-15(21)17(4,5)25(22,23)12-8-6-7-11(18)9-12/h6-10H,1-5H3,(H,19,20,21). The molecule has 0 saturated heterocycles. The lowest BCUT2D eigenvalue weighted by atomic mass is 9.93. The molecule has 1 aromatic heterocycles.